The molecule has 1 heterocycles. The maximum absolute atomic E-state index is 13.8. The van der Waals surface area contributed by atoms with Gasteiger partial charge in [-0.25, -0.2) is 9.07 Å². The molecule has 0 fully saturated rings. The van der Waals surface area contributed by atoms with E-state index in [2.05, 4.69) is 10.4 Å². The zero-order valence-electron chi connectivity index (χ0n) is 13.5. The highest BCUT2D eigenvalue weighted by Crippen LogP contribution is 2.12. The van der Waals surface area contributed by atoms with Gasteiger partial charge in [-0.1, -0.05) is 36.4 Å². The number of nitrogens with zero attached hydrogens (tertiary/aromatic N) is 2. The molecule has 3 aromatic rings. The van der Waals surface area contributed by atoms with Crippen molar-refractivity contribution in [3.63, 3.8) is 0 Å². The SMILES string of the molecule is O=C(NCCc1ccc(CO)cc1)c1ccn(-c2ccccc2F)n1. The maximum atomic E-state index is 13.8. The van der Waals surface area contributed by atoms with E-state index in [4.69, 9.17) is 5.11 Å². The summed E-state index contributed by atoms with van der Waals surface area (Å²) < 4.78 is 15.1. The number of nitrogens with one attached hydrogen (secondary N) is 1. The monoisotopic (exact) mass is 339 g/mol. The third-order valence-corrected chi connectivity index (χ3v) is 3.83. The summed E-state index contributed by atoms with van der Waals surface area (Å²) in [4.78, 5) is 12.2. The van der Waals surface area contributed by atoms with Crippen molar-refractivity contribution in [2.24, 2.45) is 0 Å². The summed E-state index contributed by atoms with van der Waals surface area (Å²) in [6.45, 7) is 0.478. The van der Waals surface area contributed by atoms with Crippen LogP contribution in [0.3, 0.4) is 0 Å². The summed E-state index contributed by atoms with van der Waals surface area (Å²) in [5.41, 5.74) is 2.45. The standard InChI is InChI=1S/C19H18FN3O2/c20-16-3-1-2-4-18(16)23-12-10-17(22-23)19(25)21-11-9-14-5-7-15(13-24)8-6-14/h1-8,10,12,24H,9,11,13H2,(H,21,25). The highest BCUT2D eigenvalue weighted by Gasteiger charge is 2.11. The molecule has 0 radical (unpaired) electrons. The van der Waals surface area contributed by atoms with E-state index >= 15 is 0 Å². The van der Waals surface area contributed by atoms with Crippen LogP contribution in [0.2, 0.25) is 0 Å². The Kier molecular flexibility index (Phi) is 5.20. The van der Waals surface area contributed by atoms with Crippen molar-refractivity contribution in [3.8, 4) is 5.69 Å². The van der Waals surface area contributed by atoms with Crippen LogP contribution in [0.25, 0.3) is 5.69 Å². The Morgan fingerprint density at radius 2 is 1.80 bits per heavy atom. The van der Waals surface area contributed by atoms with Gasteiger partial charge in [0, 0.05) is 12.7 Å². The number of halogens is 1. The van der Waals surface area contributed by atoms with Gasteiger partial charge < -0.3 is 10.4 Å². The number of rotatable bonds is 6. The average molecular weight is 339 g/mol. The van der Waals surface area contributed by atoms with Gasteiger partial charge in [-0.05, 0) is 35.7 Å². The van der Waals surface area contributed by atoms with E-state index in [0.717, 1.165) is 11.1 Å². The average Bonchev–Trinajstić information content (AvgIpc) is 3.12. The fraction of sp³-hybridized carbons (Fsp3) is 0.158. The molecule has 25 heavy (non-hydrogen) atoms. The molecule has 0 saturated carbocycles. The second-order valence-corrected chi connectivity index (χ2v) is 5.58. The number of benzene rings is 2. The van der Waals surface area contributed by atoms with Gasteiger partial charge in [0.25, 0.3) is 5.91 Å². The normalized spacial score (nSPS) is 10.6. The van der Waals surface area contributed by atoms with E-state index < -0.39 is 5.82 Å². The number of aliphatic hydroxyl groups excluding tert-OH is 1. The van der Waals surface area contributed by atoms with E-state index in [9.17, 15) is 9.18 Å². The predicted octanol–water partition coefficient (Wildman–Crippen LogP) is 2.48. The highest BCUT2D eigenvalue weighted by molar-refractivity contribution is 5.92. The predicted molar refractivity (Wildman–Crippen MR) is 91.9 cm³/mol. The molecule has 0 aliphatic heterocycles. The Bertz CT molecular complexity index is 859. The minimum absolute atomic E-state index is 0.0156. The van der Waals surface area contributed by atoms with Gasteiger partial charge in [-0.2, -0.15) is 5.10 Å². The van der Waals surface area contributed by atoms with Crippen molar-refractivity contribution in [1.82, 2.24) is 15.1 Å². The molecule has 0 aliphatic rings. The molecule has 0 spiro atoms. The topological polar surface area (TPSA) is 67.2 Å². The summed E-state index contributed by atoms with van der Waals surface area (Å²) in [6, 6.07) is 15.4. The lowest BCUT2D eigenvalue weighted by Crippen LogP contribution is -2.26. The number of carbonyl (C=O) groups excluding carboxylic acids is 1. The minimum Gasteiger partial charge on any atom is -0.392 e. The highest BCUT2D eigenvalue weighted by atomic mass is 19.1. The number of aliphatic hydroxyl groups is 1. The number of amides is 1. The first kappa shape index (κ1) is 16.9. The molecule has 3 rings (SSSR count). The Morgan fingerprint density at radius 1 is 1.08 bits per heavy atom. The fourth-order valence-corrected chi connectivity index (χ4v) is 2.44. The molecule has 0 bridgehead atoms. The quantitative estimate of drug-likeness (QED) is 0.725. The molecule has 2 N–H and O–H groups in total. The third kappa shape index (κ3) is 4.10. The summed E-state index contributed by atoms with van der Waals surface area (Å²) in [5.74, 6) is -0.703. The lowest BCUT2D eigenvalue weighted by molar-refractivity contribution is 0.0948. The van der Waals surface area contributed by atoms with Crippen molar-refractivity contribution >= 4 is 5.91 Å². The maximum Gasteiger partial charge on any atom is 0.271 e. The molecule has 5 nitrogen and oxygen atoms in total. The summed E-state index contributed by atoms with van der Waals surface area (Å²) in [5, 5.41) is 15.9. The Balaban J connectivity index is 1.57. The first-order chi connectivity index (χ1) is 12.2. The van der Waals surface area contributed by atoms with Gasteiger partial charge in [-0.15, -0.1) is 0 Å². The van der Waals surface area contributed by atoms with E-state index in [1.54, 1.807) is 30.5 Å². The van der Waals surface area contributed by atoms with Gasteiger partial charge in [0.05, 0.1) is 6.61 Å². The number of para-hydroxylation sites is 1. The van der Waals surface area contributed by atoms with Crippen molar-refractivity contribution in [1.29, 1.82) is 0 Å². The Hall–Kier alpha value is -2.99. The van der Waals surface area contributed by atoms with Crippen LogP contribution in [0.5, 0.6) is 0 Å². The first-order valence-electron chi connectivity index (χ1n) is 7.95. The van der Waals surface area contributed by atoms with Gasteiger partial charge in [0.15, 0.2) is 5.69 Å². The van der Waals surface area contributed by atoms with Crippen LogP contribution in [-0.4, -0.2) is 27.3 Å². The molecule has 6 heteroatoms. The van der Waals surface area contributed by atoms with Crippen LogP contribution in [0.1, 0.15) is 21.6 Å². The lowest BCUT2D eigenvalue weighted by atomic mass is 10.1. The van der Waals surface area contributed by atoms with Gasteiger partial charge in [-0.3, -0.25) is 4.79 Å². The number of aromatic nitrogens is 2. The fourth-order valence-electron chi connectivity index (χ4n) is 2.44. The summed E-state index contributed by atoms with van der Waals surface area (Å²) in [7, 11) is 0. The zero-order chi connectivity index (χ0) is 17.6. The van der Waals surface area contributed by atoms with Crippen LogP contribution in [0.15, 0.2) is 60.8 Å². The summed E-state index contributed by atoms with van der Waals surface area (Å²) >= 11 is 0. The van der Waals surface area contributed by atoms with Crippen LogP contribution in [0.4, 0.5) is 4.39 Å². The van der Waals surface area contributed by atoms with E-state index in [1.807, 2.05) is 24.3 Å². The van der Waals surface area contributed by atoms with E-state index in [1.165, 1.54) is 10.7 Å². The van der Waals surface area contributed by atoms with Gasteiger partial charge >= 0.3 is 0 Å². The largest absolute Gasteiger partial charge is 0.392 e. The smallest absolute Gasteiger partial charge is 0.271 e. The Morgan fingerprint density at radius 3 is 2.52 bits per heavy atom. The molecule has 0 saturated heterocycles. The van der Waals surface area contributed by atoms with Crippen LogP contribution in [-0.2, 0) is 13.0 Å². The molecule has 128 valence electrons. The minimum atomic E-state index is -0.399. The van der Waals surface area contributed by atoms with Gasteiger partial charge in [0.1, 0.15) is 11.5 Å². The van der Waals surface area contributed by atoms with E-state index in [-0.39, 0.29) is 18.2 Å². The summed E-state index contributed by atoms with van der Waals surface area (Å²) in [6.07, 6.45) is 2.23. The van der Waals surface area contributed by atoms with Crippen molar-refractivity contribution < 1.29 is 14.3 Å². The molecule has 1 amide bonds. The van der Waals surface area contributed by atoms with Crippen molar-refractivity contribution in [2.75, 3.05) is 6.54 Å². The molecular weight excluding hydrogens is 321 g/mol. The molecule has 2 aromatic carbocycles. The number of hydrogen-bond donors (Lipinski definition) is 2. The molecule has 1 aromatic heterocycles. The van der Waals surface area contributed by atoms with Crippen LogP contribution < -0.4 is 5.32 Å². The Labute approximate surface area is 144 Å². The van der Waals surface area contributed by atoms with E-state index in [0.29, 0.717) is 18.7 Å². The molecule has 0 atom stereocenters. The third-order valence-electron chi connectivity index (χ3n) is 3.83. The zero-order valence-corrected chi connectivity index (χ0v) is 13.5. The number of hydrogen-bond acceptors (Lipinski definition) is 3. The van der Waals surface area contributed by atoms with Crippen molar-refractivity contribution in [2.45, 2.75) is 13.0 Å². The molecule has 0 aliphatic carbocycles. The number of carbonyl (C=O) groups is 1. The lowest BCUT2D eigenvalue weighted by Gasteiger charge is -2.05. The van der Waals surface area contributed by atoms with Crippen LogP contribution in [0, 0.1) is 5.82 Å². The molecular formula is C19H18FN3O2. The second kappa shape index (κ2) is 7.72. The van der Waals surface area contributed by atoms with Crippen molar-refractivity contribution in [3.05, 3.63) is 83.4 Å². The van der Waals surface area contributed by atoms with Gasteiger partial charge in [0.2, 0.25) is 0 Å². The second-order valence-electron chi connectivity index (χ2n) is 5.58. The molecule has 0 unspecified atom stereocenters. The first-order valence-corrected chi connectivity index (χ1v) is 7.95. The van der Waals surface area contributed by atoms with Crippen LogP contribution >= 0.6 is 0 Å².